The van der Waals surface area contributed by atoms with Gasteiger partial charge in [0.2, 0.25) is 0 Å². The van der Waals surface area contributed by atoms with Crippen molar-refractivity contribution in [3.63, 3.8) is 0 Å². The average molecular weight is 130 g/mol. The molecule has 9 heavy (non-hydrogen) atoms. The topological polar surface area (TPSA) is 54.3 Å². The van der Waals surface area contributed by atoms with Crippen LogP contribution in [0.15, 0.2) is 12.1 Å². The summed E-state index contributed by atoms with van der Waals surface area (Å²) in [5, 5.41) is 8.13. The predicted molar refractivity (Wildman–Crippen MR) is 23.9 cm³/mol. The van der Waals surface area contributed by atoms with Crippen LogP contribution in [0.1, 0.15) is 0 Å². The highest BCUT2D eigenvalue weighted by Crippen LogP contribution is 2.05. The van der Waals surface area contributed by atoms with E-state index in [2.05, 4.69) is 9.68 Å². The minimum absolute atomic E-state index is 0.854. The lowest BCUT2D eigenvalue weighted by Crippen LogP contribution is -2.25. The fourth-order valence-electron chi connectivity index (χ4n) is 0.366. The molecule has 1 rings (SSSR count). The first-order valence-corrected chi connectivity index (χ1v) is 2.17. The number of nitrogens with zero attached hydrogens (tertiary/aromatic N) is 1. The zero-order valence-corrected chi connectivity index (χ0v) is 4.30. The molecule has 0 amide bonds. The van der Waals surface area contributed by atoms with Gasteiger partial charge in [0, 0.05) is 6.08 Å². The van der Waals surface area contributed by atoms with Crippen LogP contribution in [-0.2, 0) is 9.68 Å². The van der Waals surface area contributed by atoms with E-state index in [1.54, 1.807) is 11.7 Å². The van der Waals surface area contributed by atoms with Crippen molar-refractivity contribution < 1.29 is 14.1 Å². The highest BCUT2D eigenvalue weighted by Gasteiger charge is 2.12. The van der Waals surface area contributed by atoms with Crippen LogP contribution in [-0.4, -0.2) is 6.10 Å². The second-order valence-electron chi connectivity index (χ2n) is 1.32. The average Bonchev–Trinajstić information content (AvgIpc) is 1.88. The van der Waals surface area contributed by atoms with Crippen molar-refractivity contribution in [2.75, 3.05) is 0 Å². The second kappa shape index (κ2) is 2.44. The molecule has 1 N–H and O–H groups in total. The van der Waals surface area contributed by atoms with E-state index in [4.69, 9.17) is 5.26 Å². The molecule has 4 nitrogen and oxygen atoms in total. The van der Waals surface area contributed by atoms with Gasteiger partial charge in [-0.25, -0.2) is 4.84 Å². The maximum absolute atomic E-state index is 12.0. The molecule has 0 radical (unpaired) electrons. The SMILES string of the molecule is N#CC1C=C(F)ONO1. The molecule has 0 aromatic rings. The van der Waals surface area contributed by atoms with Gasteiger partial charge in [-0.2, -0.15) is 9.65 Å². The lowest BCUT2D eigenvalue weighted by Gasteiger charge is -2.11. The van der Waals surface area contributed by atoms with Gasteiger partial charge < -0.3 is 4.84 Å². The van der Waals surface area contributed by atoms with E-state index in [1.807, 2.05) is 0 Å². The molecule has 1 unspecified atom stereocenters. The van der Waals surface area contributed by atoms with Crippen molar-refractivity contribution in [3.05, 3.63) is 12.1 Å². The molecule has 5 heteroatoms. The number of nitrogens with one attached hydrogen (secondary N) is 1. The van der Waals surface area contributed by atoms with Crippen molar-refractivity contribution in [3.8, 4) is 6.07 Å². The van der Waals surface area contributed by atoms with Crippen LogP contribution in [0, 0.1) is 11.3 Å². The first kappa shape index (κ1) is 6.01. The summed E-state index contributed by atoms with van der Waals surface area (Å²) in [6, 6.07) is 0.799. The Morgan fingerprint density at radius 3 is 3.11 bits per heavy atom. The fraction of sp³-hybridized carbons (Fsp3) is 0.250. The minimum atomic E-state index is -0.904. The Labute approximate surface area is 50.4 Å². The van der Waals surface area contributed by atoms with Crippen molar-refractivity contribution in [2.24, 2.45) is 0 Å². The minimum Gasteiger partial charge on any atom is -0.353 e. The first-order chi connectivity index (χ1) is 4.33. The van der Waals surface area contributed by atoms with Crippen LogP contribution in [0.3, 0.4) is 0 Å². The van der Waals surface area contributed by atoms with E-state index in [0.717, 1.165) is 6.08 Å². The smallest absolute Gasteiger partial charge is 0.296 e. The molecule has 0 spiro atoms. The third-order valence-corrected chi connectivity index (χ3v) is 0.724. The summed E-state index contributed by atoms with van der Waals surface area (Å²) in [7, 11) is 0. The maximum atomic E-state index is 12.0. The molecular formula is C4H3FN2O2. The molecule has 48 valence electrons. The summed E-state index contributed by atoms with van der Waals surface area (Å²) in [5.74, 6) is 0. The van der Waals surface area contributed by atoms with Crippen LogP contribution in [0.4, 0.5) is 4.39 Å². The Bertz CT molecular complexity index is 174. The normalized spacial score (nSPS) is 25.8. The van der Waals surface area contributed by atoms with Gasteiger partial charge in [-0.05, 0) is 5.64 Å². The molecule has 0 saturated carbocycles. The largest absolute Gasteiger partial charge is 0.353 e. The third kappa shape index (κ3) is 1.38. The van der Waals surface area contributed by atoms with Crippen molar-refractivity contribution in [2.45, 2.75) is 6.10 Å². The summed E-state index contributed by atoms with van der Waals surface area (Å²) < 4.78 is 12.0. The lowest BCUT2D eigenvalue weighted by molar-refractivity contribution is -0.183. The Kier molecular flexibility index (Phi) is 1.63. The third-order valence-electron chi connectivity index (χ3n) is 0.724. The van der Waals surface area contributed by atoms with Gasteiger partial charge in [0.15, 0.2) is 6.10 Å². The first-order valence-electron chi connectivity index (χ1n) is 2.17. The monoisotopic (exact) mass is 130 g/mol. The quantitative estimate of drug-likeness (QED) is 0.507. The zero-order valence-electron chi connectivity index (χ0n) is 4.30. The van der Waals surface area contributed by atoms with Crippen molar-refractivity contribution in [1.82, 2.24) is 5.64 Å². The van der Waals surface area contributed by atoms with E-state index in [0.29, 0.717) is 0 Å². The van der Waals surface area contributed by atoms with Crippen LogP contribution in [0.5, 0.6) is 0 Å². The number of hydrogen-bond donors (Lipinski definition) is 1. The maximum Gasteiger partial charge on any atom is 0.296 e. The Morgan fingerprint density at radius 1 is 1.89 bits per heavy atom. The number of halogens is 1. The molecule has 0 saturated heterocycles. The number of rotatable bonds is 0. The second-order valence-corrected chi connectivity index (χ2v) is 1.32. The lowest BCUT2D eigenvalue weighted by atomic mass is 10.4. The molecule has 0 aromatic carbocycles. The van der Waals surface area contributed by atoms with E-state index in [1.165, 1.54) is 0 Å². The van der Waals surface area contributed by atoms with Crippen LogP contribution < -0.4 is 5.64 Å². The molecule has 1 aliphatic rings. The standard InChI is InChI=1S/C4H3FN2O2/c5-4-1-3(2-6)8-7-9-4/h1,3,7H. The van der Waals surface area contributed by atoms with Gasteiger partial charge in [-0.15, -0.1) is 0 Å². The Balaban J connectivity index is 2.60. The van der Waals surface area contributed by atoms with Gasteiger partial charge in [0.1, 0.15) is 6.07 Å². The fourth-order valence-corrected chi connectivity index (χ4v) is 0.366. The van der Waals surface area contributed by atoms with Gasteiger partial charge >= 0.3 is 0 Å². The molecule has 0 bridgehead atoms. The van der Waals surface area contributed by atoms with E-state index in [9.17, 15) is 4.39 Å². The molecule has 1 atom stereocenters. The van der Waals surface area contributed by atoms with Crippen molar-refractivity contribution in [1.29, 1.82) is 5.26 Å². The summed E-state index contributed by atoms with van der Waals surface area (Å²) in [6.45, 7) is 0. The molecule has 1 heterocycles. The zero-order chi connectivity index (χ0) is 6.69. The Morgan fingerprint density at radius 2 is 2.67 bits per heavy atom. The number of nitriles is 1. The van der Waals surface area contributed by atoms with Crippen molar-refractivity contribution >= 4 is 0 Å². The molecule has 0 aliphatic carbocycles. The molecule has 0 fully saturated rings. The molecule has 0 aromatic heterocycles. The summed E-state index contributed by atoms with van der Waals surface area (Å²) in [5.41, 5.74) is 1.77. The van der Waals surface area contributed by atoms with Gasteiger partial charge in [-0.3, -0.25) is 0 Å². The molecular weight excluding hydrogens is 127 g/mol. The Hall–Kier alpha value is -1.12. The highest BCUT2D eigenvalue weighted by atomic mass is 19.1. The van der Waals surface area contributed by atoms with Gasteiger partial charge in [0.05, 0.1) is 0 Å². The summed E-state index contributed by atoms with van der Waals surface area (Å²) in [4.78, 5) is 8.33. The van der Waals surface area contributed by atoms with Gasteiger partial charge in [0.25, 0.3) is 6.01 Å². The summed E-state index contributed by atoms with van der Waals surface area (Å²) >= 11 is 0. The van der Waals surface area contributed by atoms with E-state index in [-0.39, 0.29) is 0 Å². The molecule has 1 aliphatic heterocycles. The summed E-state index contributed by atoms with van der Waals surface area (Å²) in [6.07, 6.45) is 0.00926. The van der Waals surface area contributed by atoms with Crippen LogP contribution in [0.2, 0.25) is 0 Å². The van der Waals surface area contributed by atoms with Crippen LogP contribution in [0.25, 0.3) is 0 Å². The van der Waals surface area contributed by atoms with Crippen LogP contribution >= 0.6 is 0 Å². The van der Waals surface area contributed by atoms with Gasteiger partial charge in [-0.1, -0.05) is 0 Å². The highest BCUT2D eigenvalue weighted by molar-refractivity contribution is 5.03. The number of hydrogen-bond acceptors (Lipinski definition) is 4. The van der Waals surface area contributed by atoms with E-state index < -0.39 is 12.1 Å². The van der Waals surface area contributed by atoms with E-state index >= 15 is 0 Å². The predicted octanol–water partition coefficient (Wildman–Crippen LogP) is 0.156.